The summed E-state index contributed by atoms with van der Waals surface area (Å²) in [5.41, 5.74) is 1.52. The molecular formula is C21H30N4O3. The van der Waals surface area contributed by atoms with Gasteiger partial charge in [0.05, 0.1) is 23.2 Å². The molecule has 0 saturated carbocycles. The van der Waals surface area contributed by atoms with E-state index in [-0.39, 0.29) is 23.8 Å². The van der Waals surface area contributed by atoms with Gasteiger partial charge in [0.15, 0.2) is 0 Å². The number of carbonyl (C=O) groups excluding carboxylic acids is 1. The van der Waals surface area contributed by atoms with E-state index in [9.17, 15) is 9.59 Å². The molecule has 0 bridgehead atoms. The number of amides is 1. The lowest BCUT2D eigenvalue weighted by atomic mass is 10.0. The van der Waals surface area contributed by atoms with Crippen LogP contribution >= 0.6 is 0 Å². The van der Waals surface area contributed by atoms with Crippen molar-refractivity contribution in [3.63, 3.8) is 0 Å². The molecule has 2 aliphatic heterocycles. The van der Waals surface area contributed by atoms with E-state index in [1.165, 1.54) is 0 Å². The summed E-state index contributed by atoms with van der Waals surface area (Å²) in [6.45, 7) is 8.24. The molecule has 1 aromatic heterocycles. The molecule has 1 aromatic carbocycles. The first-order chi connectivity index (χ1) is 13.5. The van der Waals surface area contributed by atoms with Crippen LogP contribution in [-0.4, -0.2) is 69.7 Å². The van der Waals surface area contributed by atoms with Crippen molar-refractivity contribution in [1.82, 2.24) is 19.4 Å². The topological polar surface area (TPSA) is 70.6 Å². The number of carbonyl (C=O) groups is 1. The molecule has 152 valence electrons. The number of aromatic amines is 1. The first kappa shape index (κ1) is 19.2. The Morgan fingerprint density at radius 1 is 1.14 bits per heavy atom. The van der Waals surface area contributed by atoms with Crippen LogP contribution in [0.3, 0.4) is 0 Å². The highest BCUT2D eigenvalue weighted by atomic mass is 16.5. The van der Waals surface area contributed by atoms with Gasteiger partial charge in [-0.2, -0.15) is 0 Å². The third-order valence-electron chi connectivity index (χ3n) is 6.01. The summed E-state index contributed by atoms with van der Waals surface area (Å²) in [6, 6.07) is 8.13. The third-order valence-corrected chi connectivity index (χ3v) is 6.01. The molecule has 0 aliphatic carbocycles. The molecule has 2 aromatic rings. The van der Waals surface area contributed by atoms with Gasteiger partial charge in [-0.15, -0.1) is 0 Å². The number of hydrogen-bond donors (Lipinski definition) is 1. The number of likely N-dealkylation sites (tertiary alicyclic amines) is 1. The maximum atomic E-state index is 12.7. The van der Waals surface area contributed by atoms with Crippen LogP contribution in [0.15, 0.2) is 29.1 Å². The van der Waals surface area contributed by atoms with Crippen LogP contribution in [-0.2, 0) is 16.1 Å². The second-order valence-electron chi connectivity index (χ2n) is 8.17. The standard InChI is InChI=1S/C21H30N4O3/c1-15-13-24(14-16(2)28-15)17-7-10-23(11-8-17)20(26)9-12-25-19-6-4-3-5-18(19)22-21(25)27/h3-6,15-17H,7-14H2,1-2H3,(H,22,27)/t15-,16+. The average molecular weight is 386 g/mol. The second kappa shape index (κ2) is 8.09. The smallest absolute Gasteiger partial charge is 0.326 e. The second-order valence-corrected chi connectivity index (χ2v) is 8.17. The number of aryl methyl sites for hydroxylation is 1. The first-order valence-electron chi connectivity index (χ1n) is 10.4. The molecule has 0 unspecified atom stereocenters. The monoisotopic (exact) mass is 386 g/mol. The van der Waals surface area contributed by atoms with E-state index >= 15 is 0 Å². The minimum Gasteiger partial charge on any atom is -0.373 e. The van der Waals surface area contributed by atoms with E-state index in [2.05, 4.69) is 23.7 Å². The molecule has 0 radical (unpaired) electrons. The number of morpholine rings is 1. The van der Waals surface area contributed by atoms with Gasteiger partial charge in [0.2, 0.25) is 5.91 Å². The highest BCUT2D eigenvalue weighted by Gasteiger charge is 2.31. The van der Waals surface area contributed by atoms with Gasteiger partial charge in [0.25, 0.3) is 0 Å². The molecule has 1 amide bonds. The molecule has 1 N–H and O–H groups in total. The Hall–Kier alpha value is -2.12. The molecule has 3 heterocycles. The zero-order valence-electron chi connectivity index (χ0n) is 16.8. The summed E-state index contributed by atoms with van der Waals surface area (Å²) < 4.78 is 7.50. The normalized spacial score (nSPS) is 24.7. The molecule has 0 spiro atoms. The molecule has 2 atom stereocenters. The Morgan fingerprint density at radius 3 is 2.54 bits per heavy atom. The largest absolute Gasteiger partial charge is 0.373 e. The zero-order valence-corrected chi connectivity index (χ0v) is 16.8. The predicted molar refractivity (Wildman–Crippen MR) is 108 cm³/mol. The van der Waals surface area contributed by atoms with Gasteiger partial charge in [-0.3, -0.25) is 14.3 Å². The first-order valence-corrected chi connectivity index (χ1v) is 10.4. The summed E-state index contributed by atoms with van der Waals surface area (Å²) in [4.78, 5) is 32.2. The Kier molecular flexibility index (Phi) is 5.55. The summed E-state index contributed by atoms with van der Waals surface area (Å²) in [5, 5.41) is 0. The fraction of sp³-hybridized carbons (Fsp3) is 0.619. The SMILES string of the molecule is C[C@@H]1CN(C2CCN(C(=O)CCn3c(=O)[nH]c4ccccc43)CC2)C[C@H](C)O1. The summed E-state index contributed by atoms with van der Waals surface area (Å²) in [5.74, 6) is 0.138. The molecule has 7 nitrogen and oxygen atoms in total. The number of rotatable bonds is 4. The lowest BCUT2D eigenvalue weighted by Gasteiger charge is -2.43. The van der Waals surface area contributed by atoms with Crippen molar-refractivity contribution >= 4 is 16.9 Å². The van der Waals surface area contributed by atoms with Crippen LogP contribution in [0.1, 0.15) is 33.1 Å². The van der Waals surface area contributed by atoms with Crippen LogP contribution in [0.2, 0.25) is 0 Å². The number of nitrogens with zero attached hydrogens (tertiary/aromatic N) is 3. The molecule has 28 heavy (non-hydrogen) atoms. The third kappa shape index (κ3) is 4.00. The van der Waals surface area contributed by atoms with Gasteiger partial charge in [-0.05, 0) is 38.8 Å². The summed E-state index contributed by atoms with van der Waals surface area (Å²) in [7, 11) is 0. The fourth-order valence-corrected chi connectivity index (χ4v) is 4.69. The number of nitrogens with one attached hydrogen (secondary N) is 1. The van der Waals surface area contributed by atoms with Gasteiger partial charge >= 0.3 is 5.69 Å². The molecule has 2 saturated heterocycles. The van der Waals surface area contributed by atoms with Crippen molar-refractivity contribution in [2.45, 2.75) is 57.9 Å². The van der Waals surface area contributed by atoms with E-state index in [1.54, 1.807) is 4.57 Å². The number of imidazole rings is 1. The highest BCUT2D eigenvalue weighted by molar-refractivity contribution is 5.77. The highest BCUT2D eigenvalue weighted by Crippen LogP contribution is 2.22. The number of aromatic nitrogens is 2. The Balaban J connectivity index is 1.31. The lowest BCUT2D eigenvalue weighted by Crippen LogP contribution is -2.53. The average Bonchev–Trinajstić information content (AvgIpc) is 3.00. The minimum absolute atomic E-state index is 0.138. The van der Waals surface area contributed by atoms with E-state index in [1.807, 2.05) is 29.2 Å². The van der Waals surface area contributed by atoms with Crippen molar-refractivity contribution in [3.05, 3.63) is 34.7 Å². The number of para-hydroxylation sites is 2. The maximum absolute atomic E-state index is 12.7. The van der Waals surface area contributed by atoms with E-state index in [4.69, 9.17) is 4.74 Å². The quantitative estimate of drug-likeness (QED) is 0.870. The Bertz CT molecular complexity index is 871. The van der Waals surface area contributed by atoms with Gasteiger partial charge in [-0.1, -0.05) is 12.1 Å². The molecule has 2 fully saturated rings. The van der Waals surface area contributed by atoms with Gasteiger partial charge < -0.3 is 14.6 Å². The van der Waals surface area contributed by atoms with Crippen molar-refractivity contribution in [2.24, 2.45) is 0 Å². The van der Waals surface area contributed by atoms with Crippen LogP contribution in [0.5, 0.6) is 0 Å². The molecule has 2 aliphatic rings. The van der Waals surface area contributed by atoms with Crippen LogP contribution in [0, 0.1) is 0 Å². The van der Waals surface area contributed by atoms with Crippen molar-refractivity contribution in [1.29, 1.82) is 0 Å². The molecular weight excluding hydrogens is 356 g/mol. The van der Waals surface area contributed by atoms with Crippen LogP contribution in [0.25, 0.3) is 11.0 Å². The number of ether oxygens (including phenoxy) is 1. The maximum Gasteiger partial charge on any atom is 0.326 e. The van der Waals surface area contributed by atoms with E-state index in [0.717, 1.165) is 50.1 Å². The Morgan fingerprint density at radius 2 is 1.82 bits per heavy atom. The van der Waals surface area contributed by atoms with Gasteiger partial charge in [-0.25, -0.2) is 4.79 Å². The number of H-pyrrole nitrogens is 1. The number of hydrogen-bond acceptors (Lipinski definition) is 4. The Labute approximate surface area is 165 Å². The molecule has 4 rings (SSSR count). The van der Waals surface area contributed by atoms with Crippen LogP contribution < -0.4 is 5.69 Å². The van der Waals surface area contributed by atoms with E-state index in [0.29, 0.717) is 19.0 Å². The van der Waals surface area contributed by atoms with Gasteiger partial charge in [0.1, 0.15) is 0 Å². The van der Waals surface area contributed by atoms with Crippen molar-refractivity contribution in [2.75, 3.05) is 26.2 Å². The predicted octanol–water partition coefficient (Wildman–Crippen LogP) is 1.82. The van der Waals surface area contributed by atoms with Gasteiger partial charge in [0, 0.05) is 45.2 Å². The number of piperidine rings is 1. The minimum atomic E-state index is -0.150. The zero-order chi connectivity index (χ0) is 19.7. The summed E-state index contributed by atoms with van der Waals surface area (Å²) in [6.07, 6.45) is 2.94. The number of benzene rings is 1. The molecule has 7 heteroatoms. The lowest BCUT2D eigenvalue weighted by molar-refractivity contribution is -0.134. The summed E-state index contributed by atoms with van der Waals surface area (Å²) >= 11 is 0. The van der Waals surface area contributed by atoms with Crippen LogP contribution in [0.4, 0.5) is 0 Å². The van der Waals surface area contributed by atoms with Crippen molar-refractivity contribution < 1.29 is 9.53 Å². The number of fused-ring (bicyclic) bond motifs is 1. The van der Waals surface area contributed by atoms with Crippen molar-refractivity contribution in [3.8, 4) is 0 Å². The van der Waals surface area contributed by atoms with E-state index < -0.39 is 0 Å². The fourth-order valence-electron chi connectivity index (χ4n) is 4.69.